The summed E-state index contributed by atoms with van der Waals surface area (Å²) in [6.07, 6.45) is 2.27. The number of carbonyl (C=O) groups is 2. The summed E-state index contributed by atoms with van der Waals surface area (Å²) in [5.41, 5.74) is 1.45. The molecular weight excluding hydrogens is 272 g/mol. The lowest BCUT2D eigenvalue weighted by atomic mass is 10.0. The van der Waals surface area contributed by atoms with Gasteiger partial charge in [-0.3, -0.25) is 19.9 Å². The molecule has 21 heavy (non-hydrogen) atoms. The fourth-order valence-corrected chi connectivity index (χ4v) is 1.90. The minimum atomic E-state index is -1.08. The Balaban J connectivity index is 5.01. The minimum absolute atomic E-state index is 0.152. The summed E-state index contributed by atoms with van der Waals surface area (Å²) in [7, 11) is 0. The van der Waals surface area contributed by atoms with Crippen LogP contribution in [0.4, 0.5) is 0 Å². The van der Waals surface area contributed by atoms with Crippen molar-refractivity contribution in [3.8, 4) is 0 Å². The molecule has 2 atom stereocenters. The Morgan fingerprint density at radius 2 is 1.67 bits per heavy atom. The summed E-state index contributed by atoms with van der Waals surface area (Å²) >= 11 is 0. The molecule has 0 aromatic heterocycles. The number of aliphatic imine (C=N–C) groups is 1. The molecule has 120 valence electrons. The van der Waals surface area contributed by atoms with Gasteiger partial charge in [0.25, 0.3) is 0 Å². The Kier molecular flexibility index (Phi) is 8.54. The van der Waals surface area contributed by atoms with Crippen molar-refractivity contribution in [3.05, 3.63) is 11.8 Å². The van der Waals surface area contributed by atoms with Crippen LogP contribution in [0.1, 0.15) is 47.5 Å². The Bertz CT molecular complexity index is 423. The summed E-state index contributed by atoms with van der Waals surface area (Å²) in [6.45, 7) is 9.23. The van der Waals surface area contributed by atoms with Gasteiger partial charge in [0.1, 0.15) is 12.1 Å². The third-order valence-corrected chi connectivity index (χ3v) is 2.82. The third kappa shape index (κ3) is 8.24. The molecule has 0 aliphatic rings. The first-order chi connectivity index (χ1) is 9.67. The molecule has 0 radical (unpaired) electrons. The number of carboxylic acids is 2. The van der Waals surface area contributed by atoms with E-state index in [0.29, 0.717) is 12.1 Å². The fourth-order valence-electron chi connectivity index (χ4n) is 1.90. The molecule has 0 saturated carbocycles. The predicted octanol–water partition coefficient (Wildman–Crippen LogP) is 2.30. The average Bonchev–Trinajstić information content (AvgIpc) is 2.34. The smallest absolute Gasteiger partial charge is 0.321 e. The van der Waals surface area contributed by atoms with Gasteiger partial charge in [-0.05, 0) is 33.1 Å². The topological polar surface area (TPSA) is 99.0 Å². The quantitative estimate of drug-likeness (QED) is 0.567. The molecule has 6 heteroatoms. The van der Waals surface area contributed by atoms with E-state index in [9.17, 15) is 19.8 Å². The molecule has 0 spiro atoms. The second kappa shape index (κ2) is 9.28. The van der Waals surface area contributed by atoms with Gasteiger partial charge in [-0.2, -0.15) is 0 Å². The van der Waals surface area contributed by atoms with Gasteiger partial charge in [0.15, 0.2) is 0 Å². The molecule has 0 bridgehead atoms. The van der Waals surface area contributed by atoms with Gasteiger partial charge < -0.3 is 10.2 Å². The zero-order valence-corrected chi connectivity index (χ0v) is 13.4. The molecule has 0 aromatic carbocycles. The molecule has 0 aromatic rings. The summed E-state index contributed by atoms with van der Waals surface area (Å²) < 4.78 is 0. The third-order valence-electron chi connectivity index (χ3n) is 2.82. The summed E-state index contributed by atoms with van der Waals surface area (Å²) in [5, 5.41) is 21.2. The minimum Gasteiger partial charge on any atom is -0.480 e. The zero-order valence-electron chi connectivity index (χ0n) is 13.4. The van der Waals surface area contributed by atoms with E-state index in [0.717, 1.165) is 5.71 Å². The molecule has 0 amide bonds. The maximum Gasteiger partial charge on any atom is 0.321 e. The van der Waals surface area contributed by atoms with E-state index in [1.807, 2.05) is 27.7 Å². The van der Waals surface area contributed by atoms with E-state index in [-0.39, 0.29) is 12.3 Å². The maximum absolute atomic E-state index is 11.3. The first-order valence-corrected chi connectivity index (χ1v) is 7.06. The number of aliphatic carboxylic acids is 2. The first-order valence-electron chi connectivity index (χ1n) is 7.06. The second-order valence-corrected chi connectivity index (χ2v) is 5.62. The molecule has 0 heterocycles. The number of carboxylic acid groups (broad SMARTS) is 2. The first kappa shape index (κ1) is 19.3. The van der Waals surface area contributed by atoms with Crippen LogP contribution in [0.5, 0.6) is 0 Å². The highest BCUT2D eigenvalue weighted by Crippen LogP contribution is 2.12. The van der Waals surface area contributed by atoms with Gasteiger partial charge in [0.2, 0.25) is 0 Å². The van der Waals surface area contributed by atoms with Crippen LogP contribution in [-0.2, 0) is 9.59 Å². The number of hydrogen-bond acceptors (Lipinski definition) is 4. The lowest BCUT2D eigenvalue weighted by Gasteiger charge is -2.21. The Morgan fingerprint density at radius 3 is 2.00 bits per heavy atom. The Morgan fingerprint density at radius 1 is 1.14 bits per heavy atom. The molecule has 0 fully saturated rings. The molecule has 0 saturated heterocycles. The number of rotatable bonds is 9. The van der Waals surface area contributed by atoms with E-state index >= 15 is 0 Å². The SMILES string of the molecule is C/C=C(/C[C@H](NC(CC(C)C)C(=O)O)C(=O)O)N=C(C)C. The molecule has 0 aliphatic carbocycles. The van der Waals surface area contributed by atoms with E-state index < -0.39 is 24.0 Å². The van der Waals surface area contributed by atoms with Crippen LogP contribution in [0.15, 0.2) is 16.8 Å². The molecule has 3 N–H and O–H groups in total. The van der Waals surface area contributed by atoms with E-state index in [1.54, 1.807) is 13.0 Å². The summed E-state index contributed by atoms with van der Waals surface area (Å²) in [4.78, 5) is 26.8. The number of hydrogen-bond donors (Lipinski definition) is 3. The van der Waals surface area contributed by atoms with Crippen molar-refractivity contribution < 1.29 is 19.8 Å². The summed E-state index contributed by atoms with van der Waals surface area (Å²) in [5.74, 6) is -1.95. The molecule has 6 nitrogen and oxygen atoms in total. The fraction of sp³-hybridized carbons (Fsp3) is 0.667. The Labute approximate surface area is 126 Å². The monoisotopic (exact) mass is 298 g/mol. The highest BCUT2D eigenvalue weighted by molar-refractivity contribution is 5.80. The van der Waals surface area contributed by atoms with Gasteiger partial charge in [-0.1, -0.05) is 19.9 Å². The lowest BCUT2D eigenvalue weighted by molar-refractivity contribution is -0.142. The zero-order chi connectivity index (χ0) is 16.6. The Hall–Kier alpha value is -1.69. The van der Waals surface area contributed by atoms with Gasteiger partial charge in [0.05, 0.1) is 0 Å². The largest absolute Gasteiger partial charge is 0.480 e. The number of nitrogens with one attached hydrogen (secondary N) is 1. The van der Waals surface area contributed by atoms with Crippen LogP contribution in [0, 0.1) is 5.92 Å². The van der Waals surface area contributed by atoms with Crippen molar-refractivity contribution in [1.82, 2.24) is 5.32 Å². The van der Waals surface area contributed by atoms with E-state index in [4.69, 9.17) is 0 Å². The second-order valence-electron chi connectivity index (χ2n) is 5.62. The molecule has 1 unspecified atom stereocenters. The van der Waals surface area contributed by atoms with Crippen LogP contribution in [0.2, 0.25) is 0 Å². The van der Waals surface area contributed by atoms with Crippen LogP contribution < -0.4 is 5.32 Å². The van der Waals surface area contributed by atoms with Gasteiger partial charge in [-0.15, -0.1) is 0 Å². The van der Waals surface area contributed by atoms with Crippen molar-refractivity contribution in [2.75, 3.05) is 0 Å². The number of nitrogens with zero attached hydrogens (tertiary/aromatic N) is 1. The maximum atomic E-state index is 11.3. The standard InChI is InChI=1S/C15H26N2O4/c1-6-11(16-10(4)5)8-13(15(20)21)17-12(14(18)19)7-9(2)3/h6,9,12-13,17H,7-8H2,1-5H3,(H,18,19)(H,20,21)/b11-6-/t12?,13-/m0/s1. The van der Waals surface area contributed by atoms with Crippen molar-refractivity contribution in [1.29, 1.82) is 0 Å². The van der Waals surface area contributed by atoms with Crippen molar-refractivity contribution in [2.45, 2.75) is 59.5 Å². The average molecular weight is 298 g/mol. The summed E-state index contributed by atoms with van der Waals surface area (Å²) in [6, 6.07) is -1.85. The highest BCUT2D eigenvalue weighted by atomic mass is 16.4. The van der Waals surface area contributed by atoms with E-state index in [2.05, 4.69) is 10.3 Å². The van der Waals surface area contributed by atoms with Crippen LogP contribution in [-0.4, -0.2) is 39.9 Å². The van der Waals surface area contributed by atoms with Gasteiger partial charge >= 0.3 is 11.9 Å². The lowest BCUT2D eigenvalue weighted by Crippen LogP contribution is -2.47. The molecular formula is C15H26N2O4. The van der Waals surface area contributed by atoms with Crippen LogP contribution in [0.25, 0.3) is 0 Å². The van der Waals surface area contributed by atoms with Crippen LogP contribution in [0.3, 0.4) is 0 Å². The van der Waals surface area contributed by atoms with Gasteiger partial charge in [0, 0.05) is 17.8 Å². The normalized spacial score (nSPS) is 14.7. The van der Waals surface area contributed by atoms with Gasteiger partial charge in [-0.25, -0.2) is 0 Å². The van der Waals surface area contributed by atoms with Crippen molar-refractivity contribution >= 4 is 17.7 Å². The number of allylic oxidation sites excluding steroid dienone is 1. The highest BCUT2D eigenvalue weighted by Gasteiger charge is 2.27. The van der Waals surface area contributed by atoms with E-state index in [1.165, 1.54) is 0 Å². The van der Waals surface area contributed by atoms with Crippen molar-refractivity contribution in [3.63, 3.8) is 0 Å². The van der Waals surface area contributed by atoms with Crippen LogP contribution >= 0.6 is 0 Å². The molecule has 0 aliphatic heterocycles. The predicted molar refractivity (Wildman–Crippen MR) is 82.6 cm³/mol. The van der Waals surface area contributed by atoms with Crippen molar-refractivity contribution in [2.24, 2.45) is 10.9 Å². The molecule has 0 rings (SSSR count).